The Hall–Kier alpha value is -1.64. The second-order valence-electron chi connectivity index (χ2n) is 3.19. The highest BCUT2D eigenvalue weighted by atomic mass is 16.1. The molecule has 15 heavy (non-hydrogen) atoms. The molecule has 0 atom stereocenters. The molecule has 0 saturated carbocycles. The fourth-order valence-electron chi connectivity index (χ4n) is 1.28. The van der Waals surface area contributed by atoms with Crippen molar-refractivity contribution in [3.63, 3.8) is 0 Å². The van der Waals surface area contributed by atoms with Gasteiger partial charge in [-0.05, 0) is 6.42 Å². The van der Waals surface area contributed by atoms with E-state index in [2.05, 4.69) is 10.3 Å². The van der Waals surface area contributed by atoms with Crippen molar-refractivity contribution in [1.82, 2.24) is 5.32 Å². The van der Waals surface area contributed by atoms with Gasteiger partial charge in [-0.15, -0.1) is 0 Å². The first-order valence-corrected chi connectivity index (χ1v) is 5.10. The van der Waals surface area contributed by atoms with Crippen LogP contribution in [-0.4, -0.2) is 25.2 Å². The van der Waals surface area contributed by atoms with Crippen LogP contribution < -0.4 is 5.32 Å². The maximum absolute atomic E-state index is 11.7. The number of nitrogens with zero attached hydrogens (tertiary/aromatic N) is 1. The van der Waals surface area contributed by atoms with Crippen molar-refractivity contribution < 1.29 is 4.79 Å². The van der Waals surface area contributed by atoms with E-state index in [9.17, 15) is 4.79 Å². The number of hydrogen-bond donors (Lipinski definition) is 1. The SMILES string of the molecule is CCCNC(=O)C(=NC)c1ccccc1. The second kappa shape index (κ2) is 5.96. The summed E-state index contributed by atoms with van der Waals surface area (Å²) in [5, 5.41) is 2.81. The summed E-state index contributed by atoms with van der Waals surface area (Å²) in [5.41, 5.74) is 1.35. The molecule has 0 aliphatic carbocycles. The van der Waals surface area contributed by atoms with E-state index in [0.717, 1.165) is 12.0 Å². The van der Waals surface area contributed by atoms with Gasteiger partial charge in [-0.3, -0.25) is 9.79 Å². The quantitative estimate of drug-likeness (QED) is 0.744. The monoisotopic (exact) mass is 204 g/mol. The molecule has 3 nitrogen and oxygen atoms in total. The molecule has 80 valence electrons. The van der Waals surface area contributed by atoms with E-state index in [0.29, 0.717) is 12.3 Å². The van der Waals surface area contributed by atoms with Crippen LogP contribution in [0.3, 0.4) is 0 Å². The number of nitrogens with one attached hydrogen (secondary N) is 1. The molecular weight excluding hydrogens is 188 g/mol. The Labute approximate surface area is 90.2 Å². The standard InChI is InChI=1S/C12H16N2O/c1-3-9-14-12(15)11(13-2)10-7-5-4-6-8-10/h4-8H,3,9H2,1-2H3,(H,14,15). The van der Waals surface area contributed by atoms with E-state index >= 15 is 0 Å². The first-order chi connectivity index (χ1) is 7.29. The van der Waals surface area contributed by atoms with E-state index < -0.39 is 0 Å². The zero-order chi connectivity index (χ0) is 11.1. The average molecular weight is 204 g/mol. The van der Waals surface area contributed by atoms with Gasteiger partial charge in [0, 0.05) is 19.2 Å². The van der Waals surface area contributed by atoms with Gasteiger partial charge in [0.25, 0.3) is 5.91 Å². The molecule has 1 aromatic carbocycles. The summed E-state index contributed by atoms with van der Waals surface area (Å²) in [7, 11) is 1.63. The predicted molar refractivity (Wildman–Crippen MR) is 62.2 cm³/mol. The normalized spacial score (nSPS) is 11.2. The van der Waals surface area contributed by atoms with E-state index in [1.165, 1.54) is 0 Å². The van der Waals surface area contributed by atoms with Gasteiger partial charge in [0.05, 0.1) is 0 Å². The summed E-state index contributed by atoms with van der Waals surface area (Å²) in [6.07, 6.45) is 0.928. The maximum atomic E-state index is 11.7. The minimum atomic E-state index is -0.106. The first kappa shape index (κ1) is 11.4. The Balaban J connectivity index is 2.78. The predicted octanol–water partition coefficient (Wildman–Crippen LogP) is 1.63. The fourth-order valence-corrected chi connectivity index (χ4v) is 1.28. The van der Waals surface area contributed by atoms with E-state index in [-0.39, 0.29) is 5.91 Å². The lowest BCUT2D eigenvalue weighted by atomic mass is 10.1. The number of carbonyl (C=O) groups is 1. The molecular formula is C12H16N2O. The lowest BCUT2D eigenvalue weighted by Gasteiger charge is -2.06. The van der Waals surface area contributed by atoms with Gasteiger partial charge in [0.1, 0.15) is 5.71 Å². The first-order valence-electron chi connectivity index (χ1n) is 5.10. The van der Waals surface area contributed by atoms with Crippen molar-refractivity contribution in [2.24, 2.45) is 4.99 Å². The number of amides is 1. The van der Waals surface area contributed by atoms with Crippen molar-refractivity contribution in [3.05, 3.63) is 35.9 Å². The molecule has 0 unspecified atom stereocenters. The molecule has 0 aliphatic rings. The number of aliphatic imine (C=N–C) groups is 1. The number of benzene rings is 1. The summed E-state index contributed by atoms with van der Waals surface area (Å²) in [6, 6.07) is 9.48. The summed E-state index contributed by atoms with van der Waals surface area (Å²) < 4.78 is 0. The van der Waals surface area contributed by atoms with Gasteiger partial charge in [0.15, 0.2) is 0 Å². The molecule has 0 fully saturated rings. The van der Waals surface area contributed by atoms with Crippen LogP contribution in [-0.2, 0) is 4.79 Å². The van der Waals surface area contributed by atoms with Crippen LogP contribution in [0, 0.1) is 0 Å². The summed E-state index contributed by atoms with van der Waals surface area (Å²) in [4.78, 5) is 15.7. The molecule has 3 heteroatoms. The maximum Gasteiger partial charge on any atom is 0.270 e. The Kier molecular flexibility index (Phi) is 4.54. The second-order valence-corrected chi connectivity index (χ2v) is 3.19. The number of carbonyl (C=O) groups excluding carboxylic acids is 1. The molecule has 0 spiro atoms. The average Bonchev–Trinajstić information content (AvgIpc) is 2.29. The van der Waals surface area contributed by atoms with Crippen LogP contribution in [0.15, 0.2) is 35.3 Å². The lowest BCUT2D eigenvalue weighted by molar-refractivity contribution is -0.114. The molecule has 0 aliphatic heterocycles. The Morgan fingerprint density at radius 1 is 1.33 bits per heavy atom. The van der Waals surface area contributed by atoms with Gasteiger partial charge in [-0.25, -0.2) is 0 Å². The van der Waals surface area contributed by atoms with Crippen LogP contribution in [0.1, 0.15) is 18.9 Å². The molecule has 0 radical (unpaired) electrons. The Morgan fingerprint density at radius 2 is 2.00 bits per heavy atom. The van der Waals surface area contributed by atoms with Gasteiger partial charge in [0.2, 0.25) is 0 Å². The third-order valence-corrected chi connectivity index (χ3v) is 2.02. The molecule has 0 aromatic heterocycles. The van der Waals surface area contributed by atoms with E-state index in [1.54, 1.807) is 7.05 Å². The molecule has 0 heterocycles. The Bertz CT molecular complexity index is 344. The van der Waals surface area contributed by atoms with E-state index in [1.807, 2.05) is 37.3 Å². The molecule has 1 N–H and O–H groups in total. The fraction of sp³-hybridized carbons (Fsp3) is 0.333. The van der Waals surface area contributed by atoms with E-state index in [4.69, 9.17) is 0 Å². The number of rotatable bonds is 4. The van der Waals surface area contributed by atoms with Crippen molar-refractivity contribution in [2.75, 3.05) is 13.6 Å². The smallest absolute Gasteiger partial charge is 0.270 e. The summed E-state index contributed by atoms with van der Waals surface area (Å²) in [5.74, 6) is -0.106. The van der Waals surface area contributed by atoms with Gasteiger partial charge >= 0.3 is 0 Å². The van der Waals surface area contributed by atoms with Crippen molar-refractivity contribution in [3.8, 4) is 0 Å². The third-order valence-electron chi connectivity index (χ3n) is 2.02. The molecule has 0 saturated heterocycles. The van der Waals surface area contributed by atoms with Gasteiger partial charge in [-0.2, -0.15) is 0 Å². The molecule has 0 bridgehead atoms. The lowest BCUT2D eigenvalue weighted by Crippen LogP contribution is -2.32. The highest BCUT2D eigenvalue weighted by molar-refractivity contribution is 6.45. The van der Waals surface area contributed by atoms with Gasteiger partial charge in [-0.1, -0.05) is 37.3 Å². The van der Waals surface area contributed by atoms with Crippen molar-refractivity contribution >= 4 is 11.6 Å². The highest BCUT2D eigenvalue weighted by Crippen LogP contribution is 2.01. The molecule has 1 rings (SSSR count). The highest BCUT2D eigenvalue weighted by Gasteiger charge is 2.11. The van der Waals surface area contributed by atoms with Crippen LogP contribution in [0.4, 0.5) is 0 Å². The van der Waals surface area contributed by atoms with Crippen LogP contribution in [0.5, 0.6) is 0 Å². The molecule has 1 amide bonds. The molecule has 1 aromatic rings. The third kappa shape index (κ3) is 3.20. The largest absolute Gasteiger partial charge is 0.351 e. The van der Waals surface area contributed by atoms with Crippen LogP contribution >= 0.6 is 0 Å². The zero-order valence-electron chi connectivity index (χ0n) is 9.16. The minimum absolute atomic E-state index is 0.106. The Morgan fingerprint density at radius 3 is 2.53 bits per heavy atom. The van der Waals surface area contributed by atoms with Crippen LogP contribution in [0.2, 0.25) is 0 Å². The van der Waals surface area contributed by atoms with Gasteiger partial charge < -0.3 is 5.32 Å². The minimum Gasteiger partial charge on any atom is -0.351 e. The summed E-state index contributed by atoms with van der Waals surface area (Å²) in [6.45, 7) is 2.70. The topological polar surface area (TPSA) is 41.5 Å². The van der Waals surface area contributed by atoms with Crippen LogP contribution in [0.25, 0.3) is 0 Å². The van der Waals surface area contributed by atoms with Crippen molar-refractivity contribution in [2.45, 2.75) is 13.3 Å². The zero-order valence-corrected chi connectivity index (χ0v) is 9.16. The summed E-state index contributed by atoms with van der Waals surface area (Å²) >= 11 is 0. The number of hydrogen-bond acceptors (Lipinski definition) is 2. The van der Waals surface area contributed by atoms with Crippen molar-refractivity contribution in [1.29, 1.82) is 0 Å².